The van der Waals surface area contributed by atoms with Crippen molar-refractivity contribution in [1.29, 1.82) is 0 Å². The van der Waals surface area contributed by atoms with E-state index in [2.05, 4.69) is 193 Å². The van der Waals surface area contributed by atoms with E-state index in [-0.39, 0.29) is 0 Å². The molecule has 1 atom stereocenters. The molecule has 10 aromatic rings. The van der Waals surface area contributed by atoms with Crippen molar-refractivity contribution in [1.82, 2.24) is 4.57 Å². The smallest absolute Gasteiger partial charge is 0.180 e. The predicted molar refractivity (Wildman–Crippen MR) is 222 cm³/mol. The summed E-state index contributed by atoms with van der Waals surface area (Å²) >= 11 is 1.92. The summed E-state index contributed by atoms with van der Waals surface area (Å²) < 4.78 is 5.16. The Morgan fingerprint density at radius 3 is 1.71 bits per heavy atom. The molecule has 3 heteroatoms. The van der Waals surface area contributed by atoms with Crippen molar-refractivity contribution in [3.8, 4) is 27.9 Å². The van der Waals surface area contributed by atoms with Crippen LogP contribution in [-0.4, -0.2) is 12.6 Å². The first-order chi connectivity index (χ1) is 25.3. The maximum atomic E-state index is 2.50. The Morgan fingerprint density at radius 1 is 0.373 bits per heavy atom. The molecule has 0 bridgehead atoms. The second kappa shape index (κ2) is 11.0. The number of hydrogen-bond donors (Lipinski definition) is 0. The highest BCUT2D eigenvalue weighted by Gasteiger charge is 2.50. The summed E-state index contributed by atoms with van der Waals surface area (Å²) in [6.45, 7) is 0. The van der Waals surface area contributed by atoms with Crippen LogP contribution in [0.25, 0.3) is 69.9 Å². The summed E-state index contributed by atoms with van der Waals surface area (Å²) in [5.41, 5.74) is 8.99. The van der Waals surface area contributed by atoms with E-state index < -0.39 is 8.07 Å². The van der Waals surface area contributed by atoms with E-state index in [0.717, 1.165) is 0 Å². The molecule has 1 aliphatic heterocycles. The van der Waals surface area contributed by atoms with Gasteiger partial charge in [-0.25, -0.2) is 0 Å². The molecule has 51 heavy (non-hydrogen) atoms. The molecule has 0 radical (unpaired) electrons. The third kappa shape index (κ3) is 3.96. The lowest BCUT2D eigenvalue weighted by Crippen LogP contribution is -2.72. The average molecular weight is 682 g/mol. The Kier molecular flexibility index (Phi) is 6.21. The number of nitrogens with zero attached hydrogens (tertiary/aromatic N) is 1. The summed E-state index contributed by atoms with van der Waals surface area (Å²) in [7, 11) is -2.81. The lowest BCUT2D eigenvalue weighted by molar-refractivity contribution is 1.18. The fourth-order valence-electron chi connectivity index (χ4n) is 9.04. The molecule has 0 saturated heterocycles. The largest absolute Gasteiger partial charge is 0.309 e. The number of fused-ring (bicyclic) bond motifs is 11. The molecular formula is C48H31NSSi. The van der Waals surface area contributed by atoms with Gasteiger partial charge in [0.05, 0.1) is 11.0 Å². The average Bonchev–Trinajstić information content (AvgIpc) is 3.85. The maximum Gasteiger partial charge on any atom is 0.180 e. The highest BCUT2D eigenvalue weighted by Crippen LogP contribution is 2.46. The first kappa shape index (κ1) is 28.8. The Morgan fingerprint density at radius 2 is 0.941 bits per heavy atom. The zero-order valence-corrected chi connectivity index (χ0v) is 29.6. The van der Waals surface area contributed by atoms with Crippen LogP contribution in [-0.2, 0) is 0 Å². The summed E-state index contributed by atoms with van der Waals surface area (Å²) in [6.07, 6.45) is 0. The predicted octanol–water partition coefficient (Wildman–Crippen LogP) is 10.2. The molecule has 11 rings (SSSR count). The van der Waals surface area contributed by atoms with Gasteiger partial charge in [0.1, 0.15) is 0 Å². The quantitative estimate of drug-likeness (QED) is 0.163. The molecule has 3 heterocycles. The van der Waals surface area contributed by atoms with Crippen LogP contribution in [0.5, 0.6) is 0 Å². The van der Waals surface area contributed by atoms with Gasteiger partial charge in [-0.15, -0.1) is 11.3 Å². The summed E-state index contributed by atoms with van der Waals surface area (Å²) in [4.78, 5) is 0. The van der Waals surface area contributed by atoms with Gasteiger partial charge in [-0.05, 0) is 79.4 Å². The summed E-state index contributed by atoms with van der Waals surface area (Å²) in [5.74, 6) is 0. The molecule has 1 aliphatic rings. The number of benzene rings is 8. The number of hydrogen-bond acceptors (Lipinski definition) is 1. The molecule has 0 saturated carbocycles. The molecule has 1 nitrogen and oxygen atoms in total. The van der Waals surface area contributed by atoms with Crippen molar-refractivity contribution >= 4 is 82.1 Å². The van der Waals surface area contributed by atoms with Crippen LogP contribution < -0.4 is 20.7 Å². The van der Waals surface area contributed by atoms with E-state index in [4.69, 9.17) is 0 Å². The first-order valence-electron chi connectivity index (χ1n) is 17.6. The van der Waals surface area contributed by atoms with Gasteiger partial charge in [-0.3, -0.25) is 0 Å². The maximum absolute atomic E-state index is 2.81. The molecular weight excluding hydrogens is 651 g/mol. The van der Waals surface area contributed by atoms with E-state index in [1.807, 2.05) is 11.3 Å². The number of rotatable bonds is 4. The van der Waals surface area contributed by atoms with Gasteiger partial charge >= 0.3 is 0 Å². The standard InChI is InChI=1S/C48H31NSSi/c1-4-14-32(15-5-1)33-24-26-36(27-25-33)51(35-18-8-3-9-19-35)43-30-28-40-45(37-20-10-12-22-39(37)49(40)34-16-6-2-7-17-34)47(43)48-44(51)31-29-42-46(48)38-21-11-13-23-41(38)50-42/h1-31H. The third-order valence-electron chi connectivity index (χ3n) is 11.1. The van der Waals surface area contributed by atoms with Crippen LogP contribution in [0.3, 0.4) is 0 Å². The zero-order valence-electron chi connectivity index (χ0n) is 27.8. The number of para-hydroxylation sites is 2. The minimum absolute atomic E-state index is 1.18. The highest BCUT2D eigenvalue weighted by molar-refractivity contribution is 7.26. The van der Waals surface area contributed by atoms with Crippen LogP contribution in [0.2, 0.25) is 0 Å². The zero-order chi connectivity index (χ0) is 33.5. The molecule has 0 fully saturated rings. The summed E-state index contributed by atoms with van der Waals surface area (Å²) in [5, 5.41) is 11.2. The van der Waals surface area contributed by atoms with Crippen molar-refractivity contribution in [2.75, 3.05) is 0 Å². The van der Waals surface area contributed by atoms with Gasteiger partial charge in [0.2, 0.25) is 0 Å². The van der Waals surface area contributed by atoms with Crippen LogP contribution in [0, 0.1) is 0 Å². The molecule has 238 valence electrons. The van der Waals surface area contributed by atoms with E-state index in [9.17, 15) is 0 Å². The summed E-state index contributed by atoms with van der Waals surface area (Å²) in [6, 6.07) is 70.4. The lowest BCUT2D eigenvalue weighted by atomic mass is 9.95. The van der Waals surface area contributed by atoms with Gasteiger partial charge < -0.3 is 4.57 Å². The molecule has 0 amide bonds. The van der Waals surface area contributed by atoms with Crippen LogP contribution in [0.15, 0.2) is 188 Å². The normalized spacial score (nSPS) is 15.1. The molecule has 0 spiro atoms. The van der Waals surface area contributed by atoms with Crippen LogP contribution in [0.1, 0.15) is 0 Å². The van der Waals surface area contributed by atoms with E-state index >= 15 is 0 Å². The fourth-order valence-corrected chi connectivity index (χ4v) is 15.3. The Balaban J connectivity index is 1.34. The molecule has 0 N–H and O–H groups in total. The highest BCUT2D eigenvalue weighted by atomic mass is 32.1. The van der Waals surface area contributed by atoms with Crippen LogP contribution in [0.4, 0.5) is 0 Å². The number of thiophene rings is 1. The third-order valence-corrected chi connectivity index (χ3v) is 17.1. The Hall–Kier alpha value is -6.00. The van der Waals surface area contributed by atoms with E-state index in [1.54, 1.807) is 0 Å². The lowest BCUT2D eigenvalue weighted by Gasteiger charge is -2.31. The topological polar surface area (TPSA) is 4.93 Å². The minimum Gasteiger partial charge on any atom is -0.309 e. The van der Waals surface area contributed by atoms with Gasteiger partial charge in [-0.1, -0.05) is 152 Å². The molecule has 1 unspecified atom stereocenters. The SMILES string of the molecule is c1ccc(-c2ccc([Si]3(c4ccccc4)c4ccc5sc6ccccc6c5c4-c4c3ccc3c4c4ccccc4n3-c3ccccc3)cc2)cc1. The monoisotopic (exact) mass is 681 g/mol. The van der Waals surface area contributed by atoms with E-state index in [0.29, 0.717) is 0 Å². The van der Waals surface area contributed by atoms with Crippen molar-refractivity contribution in [3.05, 3.63) is 188 Å². The van der Waals surface area contributed by atoms with Gasteiger partial charge in [0.25, 0.3) is 0 Å². The molecule has 2 aromatic heterocycles. The van der Waals surface area contributed by atoms with Gasteiger partial charge in [0, 0.05) is 36.6 Å². The molecule has 8 aromatic carbocycles. The Bertz CT molecular complexity index is 2940. The van der Waals surface area contributed by atoms with Crippen molar-refractivity contribution in [3.63, 3.8) is 0 Å². The molecule has 0 aliphatic carbocycles. The minimum atomic E-state index is -2.81. The van der Waals surface area contributed by atoms with Gasteiger partial charge in [0.15, 0.2) is 8.07 Å². The second-order valence-electron chi connectivity index (χ2n) is 13.6. The van der Waals surface area contributed by atoms with Crippen molar-refractivity contribution in [2.45, 2.75) is 0 Å². The van der Waals surface area contributed by atoms with Crippen molar-refractivity contribution < 1.29 is 0 Å². The first-order valence-corrected chi connectivity index (χ1v) is 20.4. The second-order valence-corrected chi connectivity index (χ2v) is 18.4. The van der Waals surface area contributed by atoms with Gasteiger partial charge in [-0.2, -0.15) is 0 Å². The number of aromatic nitrogens is 1. The van der Waals surface area contributed by atoms with Crippen molar-refractivity contribution in [2.24, 2.45) is 0 Å². The van der Waals surface area contributed by atoms with Crippen LogP contribution >= 0.6 is 11.3 Å². The van der Waals surface area contributed by atoms with E-state index in [1.165, 1.54) is 90.7 Å². The fraction of sp³-hybridized carbons (Fsp3) is 0. The Labute approximate surface area is 301 Å².